The van der Waals surface area contributed by atoms with Gasteiger partial charge in [0.2, 0.25) is 5.91 Å². The third-order valence-corrected chi connectivity index (χ3v) is 3.33. The summed E-state index contributed by atoms with van der Waals surface area (Å²) in [6, 6.07) is 7.70. The Kier molecular flexibility index (Phi) is 5.66. The first-order chi connectivity index (χ1) is 9.33. The molecule has 1 aromatic rings. The summed E-state index contributed by atoms with van der Waals surface area (Å²) in [5.41, 5.74) is 0.982. The highest BCUT2D eigenvalue weighted by atomic mass is 79.9. The molecular weight excluding hydrogens is 310 g/mol. The first kappa shape index (κ1) is 14.3. The molecule has 0 saturated carbocycles. The Labute approximate surface area is 121 Å². The summed E-state index contributed by atoms with van der Waals surface area (Å²) in [5, 5.41) is 3.77. The zero-order chi connectivity index (χ0) is 13.5. The van der Waals surface area contributed by atoms with Crippen molar-refractivity contribution in [2.75, 3.05) is 31.7 Å². The highest BCUT2D eigenvalue weighted by Gasteiger charge is 2.29. The molecule has 19 heavy (non-hydrogen) atoms. The van der Waals surface area contributed by atoms with Crippen LogP contribution in [0.3, 0.4) is 0 Å². The zero-order valence-corrected chi connectivity index (χ0v) is 12.3. The van der Waals surface area contributed by atoms with Gasteiger partial charge in [-0.25, -0.2) is 0 Å². The average Bonchev–Trinajstić information content (AvgIpc) is 2.86. The van der Waals surface area contributed by atoms with Gasteiger partial charge in [-0.2, -0.15) is 0 Å². The maximum absolute atomic E-state index is 12.1. The molecule has 0 aliphatic carbocycles. The van der Waals surface area contributed by atoms with Crippen LogP contribution in [0.4, 0.5) is 0 Å². The minimum absolute atomic E-state index is 0.0328. The summed E-state index contributed by atoms with van der Waals surface area (Å²) >= 11 is 3.29. The number of amides is 1. The summed E-state index contributed by atoms with van der Waals surface area (Å²) in [7, 11) is 0. The highest BCUT2D eigenvalue weighted by molar-refractivity contribution is 9.09. The van der Waals surface area contributed by atoms with E-state index in [1.165, 1.54) is 0 Å². The molecule has 1 amide bonds. The Bertz CT molecular complexity index is 425. The number of benzene rings is 1. The van der Waals surface area contributed by atoms with Crippen LogP contribution >= 0.6 is 15.9 Å². The second-order valence-electron chi connectivity index (χ2n) is 4.35. The summed E-state index contributed by atoms with van der Waals surface area (Å²) < 4.78 is 10.8. The van der Waals surface area contributed by atoms with Gasteiger partial charge in [0.05, 0.1) is 6.61 Å². The smallest absolute Gasteiger partial charge is 0.231 e. The topological polar surface area (TPSA) is 47.6 Å². The fraction of sp³-hybridized carbons (Fsp3) is 0.500. The van der Waals surface area contributed by atoms with Crippen LogP contribution in [0.25, 0.3) is 0 Å². The van der Waals surface area contributed by atoms with Gasteiger partial charge < -0.3 is 14.8 Å². The van der Waals surface area contributed by atoms with E-state index in [0.29, 0.717) is 26.4 Å². The lowest BCUT2D eigenvalue weighted by Gasteiger charge is -2.10. The van der Waals surface area contributed by atoms with Crippen molar-refractivity contribution in [1.82, 2.24) is 5.32 Å². The molecule has 104 valence electrons. The number of carbonyl (C=O) groups excluding carboxylic acids is 1. The number of alkyl halides is 1. The molecular formula is C14H18BrNO3. The van der Waals surface area contributed by atoms with Crippen LogP contribution in [0.5, 0.6) is 5.75 Å². The lowest BCUT2D eigenvalue weighted by atomic mass is 10.0. The minimum Gasteiger partial charge on any atom is -0.492 e. The van der Waals surface area contributed by atoms with Crippen molar-refractivity contribution in [2.45, 2.75) is 12.3 Å². The van der Waals surface area contributed by atoms with E-state index in [-0.39, 0.29) is 11.8 Å². The summed E-state index contributed by atoms with van der Waals surface area (Å²) in [4.78, 5) is 12.1. The standard InChI is InChI=1S/C14H18BrNO3/c15-6-9-18-8-3-7-16-14(17)12-10-19-13-5-2-1-4-11(12)13/h1-2,4-5,12H,3,6-10H2,(H,16,17). The van der Waals surface area contributed by atoms with Gasteiger partial charge in [-0.05, 0) is 12.5 Å². The number of nitrogens with one attached hydrogen (secondary N) is 1. The predicted octanol–water partition coefficient (Wildman–Crippen LogP) is 2.08. The van der Waals surface area contributed by atoms with Crippen LogP contribution in [-0.2, 0) is 9.53 Å². The Morgan fingerprint density at radius 3 is 3.11 bits per heavy atom. The van der Waals surface area contributed by atoms with Crippen LogP contribution in [0.2, 0.25) is 0 Å². The molecule has 1 N–H and O–H groups in total. The number of para-hydroxylation sites is 1. The van der Waals surface area contributed by atoms with E-state index in [1.807, 2.05) is 24.3 Å². The van der Waals surface area contributed by atoms with Crippen molar-refractivity contribution >= 4 is 21.8 Å². The number of hydrogen-bond donors (Lipinski definition) is 1. The molecule has 0 saturated heterocycles. The van der Waals surface area contributed by atoms with Gasteiger partial charge in [-0.15, -0.1) is 0 Å². The third-order valence-electron chi connectivity index (χ3n) is 3.00. The number of rotatable bonds is 7. The van der Waals surface area contributed by atoms with Gasteiger partial charge >= 0.3 is 0 Å². The third kappa shape index (κ3) is 3.94. The number of halogens is 1. The van der Waals surface area contributed by atoms with Crippen LogP contribution in [0, 0.1) is 0 Å². The van der Waals surface area contributed by atoms with Gasteiger partial charge in [0.15, 0.2) is 0 Å². The van der Waals surface area contributed by atoms with Crippen LogP contribution < -0.4 is 10.1 Å². The maximum Gasteiger partial charge on any atom is 0.231 e. The SMILES string of the molecule is O=C(NCCCOCCBr)C1COc2ccccc21. The van der Waals surface area contributed by atoms with Crippen molar-refractivity contribution in [3.63, 3.8) is 0 Å². The van der Waals surface area contributed by atoms with Gasteiger partial charge in [0.25, 0.3) is 0 Å². The van der Waals surface area contributed by atoms with E-state index in [9.17, 15) is 4.79 Å². The van der Waals surface area contributed by atoms with Gasteiger partial charge in [0, 0.05) is 24.0 Å². The first-order valence-corrected chi connectivity index (χ1v) is 7.58. The Morgan fingerprint density at radius 2 is 2.26 bits per heavy atom. The molecule has 2 rings (SSSR count). The van der Waals surface area contributed by atoms with Crippen molar-refractivity contribution in [3.05, 3.63) is 29.8 Å². The van der Waals surface area contributed by atoms with E-state index in [2.05, 4.69) is 21.2 Å². The fourth-order valence-electron chi connectivity index (χ4n) is 2.05. The Morgan fingerprint density at radius 1 is 1.42 bits per heavy atom. The van der Waals surface area contributed by atoms with Crippen LogP contribution in [0.15, 0.2) is 24.3 Å². The highest BCUT2D eigenvalue weighted by Crippen LogP contribution is 2.33. The molecule has 1 aliphatic rings. The number of hydrogen-bond acceptors (Lipinski definition) is 3. The number of fused-ring (bicyclic) bond motifs is 1. The lowest BCUT2D eigenvalue weighted by molar-refractivity contribution is -0.122. The molecule has 4 nitrogen and oxygen atoms in total. The Hall–Kier alpha value is -1.07. The molecule has 1 aliphatic heterocycles. The average molecular weight is 328 g/mol. The molecule has 0 fully saturated rings. The molecule has 0 bridgehead atoms. The Balaban J connectivity index is 1.73. The van der Waals surface area contributed by atoms with Crippen LogP contribution in [0.1, 0.15) is 17.9 Å². The molecule has 0 aromatic heterocycles. The maximum atomic E-state index is 12.1. The fourth-order valence-corrected chi connectivity index (χ4v) is 2.27. The summed E-state index contributed by atoms with van der Waals surface area (Å²) in [5.74, 6) is 0.674. The quantitative estimate of drug-likeness (QED) is 0.616. The van der Waals surface area contributed by atoms with Crippen molar-refractivity contribution < 1.29 is 14.3 Å². The molecule has 1 unspecified atom stereocenters. The van der Waals surface area contributed by atoms with Crippen LogP contribution in [-0.4, -0.2) is 37.6 Å². The monoisotopic (exact) mass is 327 g/mol. The molecule has 1 aromatic carbocycles. The minimum atomic E-state index is -0.181. The number of ether oxygens (including phenoxy) is 2. The van der Waals surface area contributed by atoms with Gasteiger partial charge in [-0.1, -0.05) is 34.1 Å². The predicted molar refractivity (Wildman–Crippen MR) is 76.9 cm³/mol. The number of carbonyl (C=O) groups is 1. The first-order valence-electron chi connectivity index (χ1n) is 6.46. The van der Waals surface area contributed by atoms with E-state index >= 15 is 0 Å². The second-order valence-corrected chi connectivity index (χ2v) is 5.14. The molecule has 1 atom stereocenters. The van der Waals surface area contributed by atoms with Gasteiger partial charge in [-0.3, -0.25) is 4.79 Å². The second kappa shape index (κ2) is 7.50. The van der Waals surface area contributed by atoms with Crippen molar-refractivity contribution in [1.29, 1.82) is 0 Å². The normalized spacial score (nSPS) is 16.8. The largest absolute Gasteiger partial charge is 0.492 e. The van der Waals surface area contributed by atoms with Crippen molar-refractivity contribution in [2.24, 2.45) is 0 Å². The summed E-state index contributed by atoms with van der Waals surface area (Å²) in [6.45, 7) is 2.45. The van der Waals surface area contributed by atoms with E-state index in [1.54, 1.807) is 0 Å². The van der Waals surface area contributed by atoms with Crippen molar-refractivity contribution in [3.8, 4) is 5.75 Å². The van der Waals surface area contributed by atoms with Gasteiger partial charge in [0.1, 0.15) is 18.3 Å². The van der Waals surface area contributed by atoms with E-state index < -0.39 is 0 Å². The molecule has 0 spiro atoms. The van der Waals surface area contributed by atoms with E-state index in [0.717, 1.165) is 23.1 Å². The van der Waals surface area contributed by atoms with E-state index in [4.69, 9.17) is 9.47 Å². The lowest BCUT2D eigenvalue weighted by Crippen LogP contribution is -2.31. The molecule has 0 radical (unpaired) electrons. The molecule has 5 heteroatoms. The zero-order valence-electron chi connectivity index (χ0n) is 10.7. The molecule has 1 heterocycles. The summed E-state index contributed by atoms with van der Waals surface area (Å²) in [6.07, 6.45) is 0.827.